The fraction of sp³-hybridized carbons (Fsp3) is 0.200. The molecule has 5 heteroatoms. The number of hydrogen-bond acceptors (Lipinski definition) is 3. The van der Waals surface area contributed by atoms with E-state index in [0.29, 0.717) is 39.6 Å². The van der Waals surface area contributed by atoms with Crippen molar-refractivity contribution in [3.63, 3.8) is 0 Å². The highest BCUT2D eigenvalue weighted by Crippen LogP contribution is 2.31. The van der Waals surface area contributed by atoms with Gasteiger partial charge < -0.3 is 15.2 Å². The van der Waals surface area contributed by atoms with Crippen LogP contribution in [0.4, 0.5) is 5.69 Å². The molecule has 20 heavy (non-hydrogen) atoms. The molecule has 0 amide bonds. The van der Waals surface area contributed by atoms with Crippen LogP contribution in [0, 0.1) is 0 Å². The zero-order valence-electron chi connectivity index (χ0n) is 11.0. The van der Waals surface area contributed by atoms with E-state index in [1.54, 1.807) is 36.4 Å². The first-order valence-corrected chi connectivity index (χ1v) is 6.99. The Balaban J connectivity index is 2.21. The minimum Gasteiger partial charge on any atom is -0.493 e. The van der Waals surface area contributed by atoms with Gasteiger partial charge in [-0.05, 0) is 24.6 Å². The number of nitrogen functional groups attached to an aromatic ring is 1. The smallest absolute Gasteiger partial charge is 0.133 e. The van der Waals surface area contributed by atoms with Crippen molar-refractivity contribution >= 4 is 28.9 Å². The van der Waals surface area contributed by atoms with Gasteiger partial charge in [0.25, 0.3) is 0 Å². The van der Waals surface area contributed by atoms with Crippen LogP contribution < -0.4 is 15.2 Å². The van der Waals surface area contributed by atoms with Crippen LogP contribution in [0.3, 0.4) is 0 Å². The number of anilines is 1. The molecule has 0 aliphatic heterocycles. The summed E-state index contributed by atoms with van der Waals surface area (Å²) in [5.41, 5.74) is 6.40. The van der Waals surface area contributed by atoms with Gasteiger partial charge in [-0.2, -0.15) is 0 Å². The Morgan fingerprint density at radius 3 is 2.15 bits per heavy atom. The zero-order valence-corrected chi connectivity index (χ0v) is 12.5. The highest BCUT2D eigenvalue weighted by atomic mass is 35.5. The molecule has 0 unspecified atom stereocenters. The van der Waals surface area contributed by atoms with Crippen molar-refractivity contribution in [2.75, 3.05) is 12.3 Å². The lowest BCUT2D eigenvalue weighted by molar-refractivity contribution is 0.316. The summed E-state index contributed by atoms with van der Waals surface area (Å²) >= 11 is 11.9. The maximum absolute atomic E-state index is 5.93. The molecule has 2 aromatic rings. The van der Waals surface area contributed by atoms with E-state index in [9.17, 15) is 0 Å². The van der Waals surface area contributed by atoms with Crippen LogP contribution in [0.15, 0.2) is 36.4 Å². The van der Waals surface area contributed by atoms with E-state index in [0.717, 1.165) is 6.42 Å². The Labute approximate surface area is 128 Å². The van der Waals surface area contributed by atoms with Gasteiger partial charge in [-0.3, -0.25) is 0 Å². The van der Waals surface area contributed by atoms with Crippen molar-refractivity contribution in [2.24, 2.45) is 0 Å². The molecule has 0 spiro atoms. The summed E-state index contributed by atoms with van der Waals surface area (Å²) in [5, 5.41) is 1.03. The monoisotopic (exact) mass is 311 g/mol. The highest BCUT2D eigenvalue weighted by molar-refractivity contribution is 6.34. The van der Waals surface area contributed by atoms with E-state index in [4.69, 9.17) is 38.4 Å². The summed E-state index contributed by atoms with van der Waals surface area (Å²) in [7, 11) is 0. The molecule has 0 fully saturated rings. The first-order chi connectivity index (χ1) is 9.56. The first-order valence-electron chi connectivity index (χ1n) is 6.24. The van der Waals surface area contributed by atoms with Crippen molar-refractivity contribution in [1.29, 1.82) is 0 Å². The Morgan fingerprint density at radius 2 is 1.50 bits per heavy atom. The van der Waals surface area contributed by atoms with Gasteiger partial charge in [0.1, 0.15) is 17.2 Å². The lowest BCUT2D eigenvalue weighted by Gasteiger charge is -2.10. The molecule has 0 saturated carbocycles. The van der Waals surface area contributed by atoms with E-state index in [2.05, 4.69) is 0 Å². The van der Waals surface area contributed by atoms with Crippen LogP contribution in [-0.2, 0) is 0 Å². The third-order valence-corrected chi connectivity index (χ3v) is 2.88. The molecule has 3 nitrogen and oxygen atoms in total. The lowest BCUT2D eigenvalue weighted by Crippen LogP contribution is -1.97. The van der Waals surface area contributed by atoms with E-state index < -0.39 is 0 Å². The predicted molar refractivity (Wildman–Crippen MR) is 83.2 cm³/mol. The van der Waals surface area contributed by atoms with Crippen LogP contribution in [0.25, 0.3) is 0 Å². The largest absolute Gasteiger partial charge is 0.493 e. The average Bonchev–Trinajstić information content (AvgIpc) is 2.34. The molecular formula is C15H15Cl2NO2. The van der Waals surface area contributed by atoms with Gasteiger partial charge >= 0.3 is 0 Å². The van der Waals surface area contributed by atoms with E-state index >= 15 is 0 Å². The summed E-state index contributed by atoms with van der Waals surface area (Å²) < 4.78 is 11.3. The summed E-state index contributed by atoms with van der Waals surface area (Å²) in [6.45, 7) is 2.67. The number of nitrogens with two attached hydrogens (primary N) is 1. The second-order valence-corrected chi connectivity index (χ2v) is 5.17. The Kier molecular flexibility index (Phi) is 4.99. The quantitative estimate of drug-likeness (QED) is 0.776. The zero-order chi connectivity index (χ0) is 14.5. The van der Waals surface area contributed by atoms with Crippen molar-refractivity contribution in [3.05, 3.63) is 46.4 Å². The van der Waals surface area contributed by atoms with Crippen molar-refractivity contribution < 1.29 is 9.47 Å². The topological polar surface area (TPSA) is 44.5 Å². The van der Waals surface area contributed by atoms with E-state index in [-0.39, 0.29) is 0 Å². The molecule has 0 radical (unpaired) electrons. The van der Waals surface area contributed by atoms with Gasteiger partial charge in [-0.25, -0.2) is 0 Å². The van der Waals surface area contributed by atoms with Crippen LogP contribution in [-0.4, -0.2) is 6.61 Å². The molecule has 2 N–H and O–H groups in total. The number of ether oxygens (including phenoxy) is 2. The molecule has 0 saturated heterocycles. The fourth-order valence-corrected chi connectivity index (χ4v) is 2.19. The van der Waals surface area contributed by atoms with Gasteiger partial charge in [-0.15, -0.1) is 0 Å². The average molecular weight is 312 g/mol. The molecule has 106 valence electrons. The number of halogens is 2. The van der Waals surface area contributed by atoms with Crippen molar-refractivity contribution in [1.82, 2.24) is 0 Å². The number of rotatable bonds is 5. The second-order valence-electron chi connectivity index (χ2n) is 4.29. The Morgan fingerprint density at radius 1 is 0.900 bits per heavy atom. The maximum Gasteiger partial charge on any atom is 0.133 e. The summed E-state index contributed by atoms with van der Waals surface area (Å²) in [6, 6.07) is 10.3. The van der Waals surface area contributed by atoms with Crippen LogP contribution in [0.2, 0.25) is 10.0 Å². The molecule has 2 aromatic carbocycles. The van der Waals surface area contributed by atoms with Crippen molar-refractivity contribution in [3.8, 4) is 17.2 Å². The minimum atomic E-state index is 0.513. The predicted octanol–water partition coefficient (Wildman–Crippen LogP) is 5.16. The van der Waals surface area contributed by atoms with Crippen molar-refractivity contribution in [2.45, 2.75) is 13.3 Å². The van der Waals surface area contributed by atoms with Gasteiger partial charge in [0, 0.05) is 33.9 Å². The first kappa shape index (κ1) is 14.8. The molecule has 0 aliphatic rings. The molecule has 0 heterocycles. The highest BCUT2D eigenvalue weighted by Gasteiger charge is 2.05. The maximum atomic E-state index is 5.93. The Bertz CT molecular complexity index is 582. The number of benzene rings is 2. The molecular weight excluding hydrogens is 297 g/mol. The fourth-order valence-electron chi connectivity index (χ4n) is 1.68. The summed E-state index contributed by atoms with van der Waals surface area (Å²) in [6.07, 6.45) is 0.925. The van der Waals surface area contributed by atoms with E-state index in [1.807, 2.05) is 6.92 Å². The number of hydrogen-bond donors (Lipinski definition) is 1. The van der Waals surface area contributed by atoms with Gasteiger partial charge in [-0.1, -0.05) is 30.1 Å². The second kappa shape index (κ2) is 6.73. The summed E-state index contributed by atoms with van der Waals surface area (Å²) in [5.74, 6) is 1.80. The molecule has 0 atom stereocenters. The molecule has 0 bridgehead atoms. The third-order valence-electron chi connectivity index (χ3n) is 2.45. The molecule has 0 aromatic heterocycles. The Hall–Kier alpha value is -1.58. The van der Waals surface area contributed by atoms with Crippen LogP contribution in [0.1, 0.15) is 13.3 Å². The van der Waals surface area contributed by atoms with Gasteiger partial charge in [0.05, 0.1) is 6.61 Å². The van der Waals surface area contributed by atoms with Crippen LogP contribution in [0.5, 0.6) is 17.2 Å². The molecule has 2 rings (SSSR count). The minimum absolute atomic E-state index is 0.513. The van der Waals surface area contributed by atoms with E-state index in [1.165, 1.54) is 0 Å². The van der Waals surface area contributed by atoms with Gasteiger partial charge in [0.2, 0.25) is 0 Å². The van der Waals surface area contributed by atoms with Crippen LogP contribution >= 0.6 is 23.2 Å². The van der Waals surface area contributed by atoms with Gasteiger partial charge in [0.15, 0.2) is 0 Å². The molecule has 0 aliphatic carbocycles. The standard InChI is InChI=1S/C15H15Cl2NO2/c1-2-3-19-13-7-12(18)8-15(9-13)20-14-5-10(16)4-11(17)6-14/h4-9H,2-3,18H2,1H3. The SMILES string of the molecule is CCCOc1cc(N)cc(Oc2cc(Cl)cc(Cl)c2)c1. The normalized spacial score (nSPS) is 10.3. The summed E-state index contributed by atoms with van der Waals surface area (Å²) in [4.78, 5) is 0. The lowest BCUT2D eigenvalue weighted by atomic mass is 10.3. The third kappa shape index (κ3) is 4.22.